The number of halogens is 2. The molecule has 0 aliphatic carbocycles. The minimum Gasteiger partial charge on any atom is -0.386 e. The first-order valence-electron chi connectivity index (χ1n) is 7.30. The van der Waals surface area contributed by atoms with Gasteiger partial charge in [-0.3, -0.25) is 0 Å². The Hall–Kier alpha value is -0.360. The van der Waals surface area contributed by atoms with E-state index in [9.17, 15) is 5.11 Å². The van der Waals surface area contributed by atoms with Crippen LogP contribution in [0.25, 0.3) is 10.1 Å². The largest absolute Gasteiger partial charge is 0.386 e. The quantitative estimate of drug-likeness (QED) is 0.706. The van der Waals surface area contributed by atoms with Crippen LogP contribution in [0.3, 0.4) is 0 Å². The first kappa shape index (κ1) is 19.7. The zero-order chi connectivity index (χ0) is 15.2. The molecule has 0 aliphatic rings. The summed E-state index contributed by atoms with van der Waals surface area (Å²) in [6.45, 7) is 8.08. The summed E-state index contributed by atoms with van der Waals surface area (Å²) in [5, 5.41) is 14.0. The molecule has 1 heterocycles. The Kier molecular flexibility index (Phi) is 8.69. The molecule has 1 atom stereocenters. The smallest absolute Gasteiger partial charge is 0.104 e. The molecule has 1 N–H and O–H groups in total. The Morgan fingerprint density at radius 1 is 1.32 bits per heavy atom. The van der Waals surface area contributed by atoms with E-state index in [1.165, 1.54) is 0 Å². The number of rotatable bonds is 8. The predicted molar refractivity (Wildman–Crippen MR) is 97.6 cm³/mol. The maximum Gasteiger partial charge on any atom is 0.104 e. The molecule has 0 bridgehead atoms. The number of hydrogen-bond acceptors (Lipinski definition) is 4. The highest BCUT2D eigenvalue weighted by Crippen LogP contribution is 2.31. The minimum absolute atomic E-state index is 0. The van der Waals surface area contributed by atoms with Crippen molar-refractivity contribution in [2.75, 3.05) is 32.8 Å². The molecule has 0 radical (unpaired) electrons. The van der Waals surface area contributed by atoms with E-state index >= 15 is 0 Å². The molecular formula is C16H23Cl2NO2S. The summed E-state index contributed by atoms with van der Waals surface area (Å²) in [6, 6.07) is 5.90. The van der Waals surface area contributed by atoms with E-state index in [1.807, 2.05) is 23.6 Å². The third-order valence-electron chi connectivity index (χ3n) is 3.65. The summed E-state index contributed by atoms with van der Waals surface area (Å²) in [7, 11) is 0. The molecule has 1 aromatic heterocycles. The van der Waals surface area contributed by atoms with E-state index < -0.39 is 6.10 Å². The standard InChI is InChI=1S/C16H22ClNO2S.ClH/c1-3-18(4-2)6-7-20-11-15(19)13-9-12-5-8-21-16(12)10-14(13)17;/h5,8-10,15,19H,3-4,6-7,11H2,1-2H3;1H. The van der Waals surface area contributed by atoms with E-state index in [2.05, 4.69) is 18.7 Å². The van der Waals surface area contributed by atoms with Gasteiger partial charge in [0.05, 0.1) is 13.2 Å². The number of ether oxygens (including phenoxy) is 1. The van der Waals surface area contributed by atoms with Gasteiger partial charge in [-0.2, -0.15) is 0 Å². The molecule has 2 aromatic rings. The van der Waals surface area contributed by atoms with Crippen LogP contribution in [0.4, 0.5) is 0 Å². The summed E-state index contributed by atoms with van der Waals surface area (Å²) in [5.74, 6) is 0. The van der Waals surface area contributed by atoms with Gasteiger partial charge in [-0.1, -0.05) is 25.4 Å². The Bertz CT molecular complexity index is 572. The highest BCUT2D eigenvalue weighted by atomic mass is 35.5. The number of benzene rings is 1. The van der Waals surface area contributed by atoms with Gasteiger partial charge in [-0.05, 0) is 42.1 Å². The second-order valence-electron chi connectivity index (χ2n) is 4.95. The van der Waals surface area contributed by atoms with Crippen molar-refractivity contribution in [3.63, 3.8) is 0 Å². The SMILES string of the molecule is CCN(CC)CCOCC(O)c1cc2ccsc2cc1Cl.Cl. The summed E-state index contributed by atoms with van der Waals surface area (Å²) in [6.07, 6.45) is -0.682. The fraction of sp³-hybridized carbons (Fsp3) is 0.500. The van der Waals surface area contributed by atoms with Gasteiger partial charge in [0.15, 0.2) is 0 Å². The Balaban J connectivity index is 0.00000242. The van der Waals surface area contributed by atoms with Crippen LogP contribution in [0.15, 0.2) is 23.6 Å². The number of nitrogens with zero attached hydrogens (tertiary/aromatic N) is 1. The van der Waals surface area contributed by atoms with Crippen LogP contribution >= 0.6 is 35.3 Å². The molecule has 3 nitrogen and oxygen atoms in total. The van der Waals surface area contributed by atoms with Gasteiger partial charge < -0.3 is 14.7 Å². The molecule has 0 amide bonds. The van der Waals surface area contributed by atoms with Crippen LogP contribution in [0, 0.1) is 0 Å². The van der Waals surface area contributed by atoms with Crippen molar-refractivity contribution in [3.8, 4) is 0 Å². The van der Waals surface area contributed by atoms with E-state index in [1.54, 1.807) is 11.3 Å². The lowest BCUT2D eigenvalue weighted by atomic mass is 10.1. The Labute approximate surface area is 147 Å². The summed E-state index contributed by atoms with van der Waals surface area (Å²) >= 11 is 7.89. The highest BCUT2D eigenvalue weighted by molar-refractivity contribution is 7.17. The van der Waals surface area contributed by atoms with Crippen molar-refractivity contribution >= 4 is 45.4 Å². The number of thiophene rings is 1. The van der Waals surface area contributed by atoms with E-state index in [4.69, 9.17) is 16.3 Å². The second kappa shape index (κ2) is 9.71. The number of aliphatic hydroxyl groups excluding tert-OH is 1. The first-order valence-corrected chi connectivity index (χ1v) is 8.56. The fourth-order valence-electron chi connectivity index (χ4n) is 2.28. The van der Waals surface area contributed by atoms with Crippen molar-refractivity contribution in [1.29, 1.82) is 0 Å². The molecule has 22 heavy (non-hydrogen) atoms. The van der Waals surface area contributed by atoms with E-state index in [0.29, 0.717) is 11.6 Å². The van der Waals surface area contributed by atoms with Crippen molar-refractivity contribution in [2.45, 2.75) is 20.0 Å². The van der Waals surface area contributed by atoms with E-state index in [-0.39, 0.29) is 19.0 Å². The van der Waals surface area contributed by atoms with Crippen molar-refractivity contribution in [1.82, 2.24) is 4.90 Å². The topological polar surface area (TPSA) is 32.7 Å². The van der Waals surface area contributed by atoms with Crippen molar-refractivity contribution < 1.29 is 9.84 Å². The summed E-state index contributed by atoms with van der Waals surface area (Å²) in [5.41, 5.74) is 0.741. The normalized spacial score (nSPS) is 12.6. The van der Waals surface area contributed by atoms with Crippen LogP contribution in [0.1, 0.15) is 25.5 Å². The molecular weight excluding hydrogens is 341 g/mol. The molecule has 1 unspecified atom stereocenters. The van der Waals surface area contributed by atoms with Crippen LogP contribution in [-0.2, 0) is 4.74 Å². The highest BCUT2D eigenvalue weighted by Gasteiger charge is 2.13. The van der Waals surface area contributed by atoms with Crippen LogP contribution < -0.4 is 0 Å². The number of fused-ring (bicyclic) bond motifs is 1. The molecule has 0 saturated carbocycles. The van der Waals surface area contributed by atoms with Gasteiger partial charge in [0.1, 0.15) is 6.10 Å². The van der Waals surface area contributed by atoms with Gasteiger partial charge in [0, 0.05) is 21.8 Å². The summed E-state index contributed by atoms with van der Waals surface area (Å²) in [4.78, 5) is 2.29. The molecule has 0 saturated heterocycles. The summed E-state index contributed by atoms with van der Waals surface area (Å²) < 4.78 is 6.72. The average Bonchev–Trinajstić information content (AvgIpc) is 2.93. The van der Waals surface area contributed by atoms with E-state index in [0.717, 1.165) is 35.3 Å². The fourth-order valence-corrected chi connectivity index (χ4v) is 3.44. The van der Waals surface area contributed by atoms with Gasteiger partial charge in [-0.25, -0.2) is 0 Å². The lowest BCUT2D eigenvalue weighted by Gasteiger charge is -2.19. The predicted octanol–water partition coefficient (Wildman–Crippen LogP) is 4.37. The maximum absolute atomic E-state index is 10.3. The maximum atomic E-state index is 10.3. The zero-order valence-corrected chi connectivity index (χ0v) is 15.3. The van der Waals surface area contributed by atoms with Crippen LogP contribution in [0.5, 0.6) is 0 Å². The van der Waals surface area contributed by atoms with Gasteiger partial charge in [-0.15, -0.1) is 23.7 Å². The molecule has 6 heteroatoms. The molecule has 0 aliphatic heterocycles. The molecule has 124 valence electrons. The second-order valence-corrected chi connectivity index (χ2v) is 6.30. The Morgan fingerprint density at radius 3 is 2.73 bits per heavy atom. The molecule has 2 rings (SSSR count). The molecule has 1 aromatic carbocycles. The minimum atomic E-state index is -0.682. The Morgan fingerprint density at radius 2 is 2.05 bits per heavy atom. The molecule has 0 spiro atoms. The number of likely N-dealkylation sites (N-methyl/N-ethyl adjacent to an activating group) is 1. The zero-order valence-electron chi connectivity index (χ0n) is 12.9. The first-order chi connectivity index (χ1) is 10.2. The lowest BCUT2D eigenvalue weighted by molar-refractivity contribution is 0.0275. The van der Waals surface area contributed by atoms with Gasteiger partial charge in [0.2, 0.25) is 0 Å². The van der Waals surface area contributed by atoms with Crippen LogP contribution in [-0.4, -0.2) is 42.9 Å². The number of hydrogen-bond donors (Lipinski definition) is 1. The van der Waals surface area contributed by atoms with Crippen molar-refractivity contribution in [2.24, 2.45) is 0 Å². The van der Waals surface area contributed by atoms with Crippen molar-refractivity contribution in [3.05, 3.63) is 34.2 Å². The van der Waals surface area contributed by atoms with Gasteiger partial charge >= 0.3 is 0 Å². The number of aliphatic hydroxyl groups is 1. The average molecular weight is 364 g/mol. The third kappa shape index (κ3) is 5.08. The molecule has 0 fully saturated rings. The van der Waals surface area contributed by atoms with Crippen LogP contribution in [0.2, 0.25) is 5.02 Å². The third-order valence-corrected chi connectivity index (χ3v) is 4.86. The lowest BCUT2D eigenvalue weighted by Crippen LogP contribution is -2.27. The monoisotopic (exact) mass is 363 g/mol. The van der Waals surface area contributed by atoms with Gasteiger partial charge in [0.25, 0.3) is 0 Å².